The number of benzene rings is 1. The molecule has 3 aromatic rings. The number of thioether (sulfide) groups is 1. The molecule has 0 aliphatic rings. The Morgan fingerprint density at radius 1 is 1.16 bits per heavy atom. The molecule has 0 radical (unpaired) electrons. The van der Waals surface area contributed by atoms with Crippen molar-refractivity contribution in [1.29, 1.82) is 0 Å². The zero-order chi connectivity index (χ0) is 22.4. The minimum absolute atomic E-state index is 0.0145. The van der Waals surface area contributed by atoms with Crippen molar-refractivity contribution >= 4 is 17.7 Å². The van der Waals surface area contributed by atoms with Gasteiger partial charge in [0.25, 0.3) is 0 Å². The first kappa shape index (κ1) is 22.7. The van der Waals surface area contributed by atoms with Crippen LogP contribution in [0.15, 0.2) is 53.9 Å². The van der Waals surface area contributed by atoms with Crippen LogP contribution in [-0.4, -0.2) is 49.0 Å². The van der Waals surface area contributed by atoms with Crippen LogP contribution >= 0.6 is 11.8 Å². The van der Waals surface area contributed by atoms with Crippen LogP contribution in [-0.2, 0) is 17.9 Å². The molecule has 2 aromatic heterocycles. The first-order chi connectivity index (χ1) is 14.8. The lowest BCUT2D eigenvalue weighted by atomic mass is 10.2. The molecule has 0 bridgehead atoms. The van der Waals surface area contributed by atoms with Crippen LogP contribution in [0.4, 0.5) is 17.6 Å². The number of carbonyl (C=O) groups is 1. The number of hydrogen-bond donors (Lipinski definition) is 0. The van der Waals surface area contributed by atoms with E-state index >= 15 is 0 Å². The molecule has 3 rings (SSSR count). The van der Waals surface area contributed by atoms with Crippen molar-refractivity contribution in [3.63, 3.8) is 0 Å². The largest absolute Gasteiger partial charge is 0.406 e. The third-order valence-electron chi connectivity index (χ3n) is 4.31. The number of nitrogens with zero attached hydrogens (tertiary/aromatic N) is 5. The molecule has 0 spiro atoms. The second-order valence-corrected chi connectivity index (χ2v) is 7.51. The Morgan fingerprint density at radius 3 is 2.55 bits per heavy atom. The number of pyridine rings is 1. The predicted molar refractivity (Wildman–Crippen MR) is 108 cm³/mol. The Kier molecular flexibility index (Phi) is 7.26. The Hall–Kier alpha value is -2.95. The molecule has 11 heteroatoms. The number of hydrogen-bond acceptors (Lipinski definition) is 5. The van der Waals surface area contributed by atoms with Gasteiger partial charge in [0.1, 0.15) is 12.4 Å². The molecule has 0 aliphatic heterocycles. The molecule has 0 saturated carbocycles. The van der Waals surface area contributed by atoms with E-state index in [2.05, 4.69) is 15.2 Å². The monoisotopic (exact) mass is 453 g/mol. The number of alkyl halides is 3. The van der Waals surface area contributed by atoms with Crippen molar-refractivity contribution < 1.29 is 22.4 Å². The van der Waals surface area contributed by atoms with E-state index in [9.17, 15) is 22.4 Å². The fourth-order valence-corrected chi connectivity index (χ4v) is 3.72. The van der Waals surface area contributed by atoms with Gasteiger partial charge in [0.2, 0.25) is 5.91 Å². The maximum Gasteiger partial charge on any atom is 0.406 e. The van der Waals surface area contributed by atoms with Gasteiger partial charge in [-0.1, -0.05) is 23.9 Å². The summed E-state index contributed by atoms with van der Waals surface area (Å²) < 4.78 is 53.8. The van der Waals surface area contributed by atoms with Crippen molar-refractivity contribution in [1.82, 2.24) is 24.6 Å². The predicted octanol–water partition coefficient (Wildman–Crippen LogP) is 4.18. The SMILES string of the molecule is CCN(Cc1cccc(F)c1)C(=O)CSc1nnc(-c2ccncc2)n1CC(F)(F)F. The Morgan fingerprint density at radius 2 is 1.90 bits per heavy atom. The molecule has 6 nitrogen and oxygen atoms in total. The van der Waals surface area contributed by atoms with Crippen molar-refractivity contribution in [2.24, 2.45) is 0 Å². The topological polar surface area (TPSA) is 63.9 Å². The van der Waals surface area contributed by atoms with Gasteiger partial charge in [0.05, 0.1) is 5.75 Å². The van der Waals surface area contributed by atoms with E-state index in [1.54, 1.807) is 19.1 Å². The molecule has 0 saturated heterocycles. The zero-order valence-corrected chi connectivity index (χ0v) is 17.3. The van der Waals surface area contributed by atoms with E-state index < -0.39 is 18.5 Å². The maximum atomic E-state index is 13.4. The summed E-state index contributed by atoms with van der Waals surface area (Å²) in [7, 11) is 0. The highest BCUT2D eigenvalue weighted by molar-refractivity contribution is 7.99. The Labute approximate surface area is 180 Å². The van der Waals surface area contributed by atoms with Crippen LogP contribution in [0.2, 0.25) is 0 Å². The maximum absolute atomic E-state index is 13.4. The molecule has 0 atom stereocenters. The summed E-state index contributed by atoms with van der Waals surface area (Å²) in [4.78, 5) is 18.0. The van der Waals surface area contributed by atoms with Crippen LogP contribution in [0.5, 0.6) is 0 Å². The smallest absolute Gasteiger partial charge is 0.338 e. The van der Waals surface area contributed by atoms with Gasteiger partial charge in [-0.15, -0.1) is 10.2 Å². The number of aromatic nitrogens is 4. The van der Waals surface area contributed by atoms with Crippen LogP contribution in [0.3, 0.4) is 0 Å². The Balaban J connectivity index is 1.75. The second kappa shape index (κ2) is 9.90. The fourth-order valence-electron chi connectivity index (χ4n) is 2.88. The number of rotatable bonds is 8. The van der Waals surface area contributed by atoms with Gasteiger partial charge in [-0.25, -0.2) is 4.39 Å². The average molecular weight is 453 g/mol. The third kappa shape index (κ3) is 6.27. The molecule has 0 aliphatic carbocycles. The van der Waals surface area contributed by atoms with Crippen LogP contribution < -0.4 is 0 Å². The third-order valence-corrected chi connectivity index (χ3v) is 5.27. The normalized spacial score (nSPS) is 11.5. The molecule has 0 unspecified atom stereocenters. The van der Waals surface area contributed by atoms with Crippen LogP contribution in [0.25, 0.3) is 11.4 Å². The standard InChI is InChI=1S/C20H19F4N5OS/c1-2-28(11-14-4-3-5-16(21)10-14)17(30)12-31-19-27-26-18(15-6-8-25-9-7-15)29(19)13-20(22,23)24/h3-10H,2,11-13H2,1H3. The van der Waals surface area contributed by atoms with Gasteiger partial charge in [0.15, 0.2) is 11.0 Å². The molecule has 31 heavy (non-hydrogen) atoms. The molecule has 0 fully saturated rings. The fraction of sp³-hybridized carbons (Fsp3) is 0.300. The van der Waals surface area contributed by atoms with Gasteiger partial charge >= 0.3 is 6.18 Å². The first-order valence-electron chi connectivity index (χ1n) is 9.32. The highest BCUT2D eigenvalue weighted by atomic mass is 32.2. The minimum Gasteiger partial charge on any atom is -0.338 e. The van der Waals surface area contributed by atoms with Crippen molar-refractivity contribution in [3.8, 4) is 11.4 Å². The van der Waals surface area contributed by atoms with Gasteiger partial charge < -0.3 is 4.90 Å². The van der Waals surface area contributed by atoms with Crippen molar-refractivity contribution in [2.45, 2.75) is 31.3 Å². The van der Waals surface area contributed by atoms with E-state index in [0.717, 1.165) is 16.3 Å². The van der Waals surface area contributed by atoms with E-state index in [-0.39, 0.29) is 29.2 Å². The molecular formula is C20H19F4N5OS. The number of amides is 1. The molecule has 2 heterocycles. The zero-order valence-electron chi connectivity index (χ0n) is 16.5. The van der Waals surface area contributed by atoms with Gasteiger partial charge in [0, 0.05) is 31.0 Å². The van der Waals surface area contributed by atoms with Crippen molar-refractivity contribution in [3.05, 3.63) is 60.2 Å². The summed E-state index contributed by atoms with van der Waals surface area (Å²) in [5.74, 6) is -0.792. The average Bonchev–Trinajstić information content (AvgIpc) is 3.11. The van der Waals surface area contributed by atoms with Crippen LogP contribution in [0.1, 0.15) is 12.5 Å². The van der Waals surface area contributed by atoms with Crippen LogP contribution in [0, 0.1) is 5.82 Å². The summed E-state index contributed by atoms with van der Waals surface area (Å²) in [6, 6.07) is 8.98. The molecule has 1 amide bonds. The highest BCUT2D eigenvalue weighted by Crippen LogP contribution is 2.28. The number of halogens is 4. The van der Waals surface area contributed by atoms with E-state index in [4.69, 9.17) is 0 Å². The number of carbonyl (C=O) groups excluding carboxylic acids is 1. The summed E-state index contributed by atoms with van der Waals surface area (Å²) in [5.41, 5.74) is 1.06. The second-order valence-electron chi connectivity index (χ2n) is 6.57. The molecule has 0 N–H and O–H groups in total. The molecule has 1 aromatic carbocycles. The van der Waals surface area contributed by atoms with E-state index in [1.165, 1.54) is 41.6 Å². The van der Waals surface area contributed by atoms with Gasteiger partial charge in [-0.3, -0.25) is 14.3 Å². The van der Waals surface area contributed by atoms with E-state index in [0.29, 0.717) is 17.7 Å². The molecular weight excluding hydrogens is 434 g/mol. The minimum atomic E-state index is -4.49. The first-order valence-corrected chi connectivity index (χ1v) is 10.3. The summed E-state index contributed by atoms with van der Waals surface area (Å²) in [6.07, 6.45) is -1.59. The lowest BCUT2D eigenvalue weighted by molar-refractivity contribution is -0.141. The summed E-state index contributed by atoms with van der Waals surface area (Å²) >= 11 is 0.877. The lowest BCUT2D eigenvalue weighted by Gasteiger charge is -2.21. The van der Waals surface area contributed by atoms with E-state index in [1.807, 2.05) is 0 Å². The summed E-state index contributed by atoms with van der Waals surface area (Å²) in [5, 5.41) is 7.74. The van der Waals surface area contributed by atoms with Crippen molar-refractivity contribution in [2.75, 3.05) is 12.3 Å². The van der Waals surface area contributed by atoms with Gasteiger partial charge in [-0.05, 0) is 36.8 Å². The van der Waals surface area contributed by atoms with Gasteiger partial charge in [-0.2, -0.15) is 13.2 Å². The molecule has 164 valence electrons. The quantitative estimate of drug-likeness (QED) is 0.378. The lowest BCUT2D eigenvalue weighted by Crippen LogP contribution is -2.32. The Bertz CT molecular complexity index is 1030. The highest BCUT2D eigenvalue weighted by Gasteiger charge is 2.31. The summed E-state index contributed by atoms with van der Waals surface area (Å²) in [6.45, 7) is 1.06.